The molecule has 2 saturated heterocycles. The number of nitrogens with zero attached hydrogens (tertiary/aromatic N) is 3. The zero-order chi connectivity index (χ0) is 27.8. The highest BCUT2D eigenvalue weighted by molar-refractivity contribution is 6.42. The van der Waals surface area contributed by atoms with Gasteiger partial charge in [0.25, 0.3) is 0 Å². The zero-order valence-corrected chi connectivity index (χ0v) is 24.5. The second-order valence-corrected chi connectivity index (χ2v) is 12.6. The van der Waals surface area contributed by atoms with Crippen molar-refractivity contribution in [2.45, 2.75) is 52.4 Å². The fourth-order valence-corrected chi connectivity index (χ4v) is 6.13. The summed E-state index contributed by atoms with van der Waals surface area (Å²) < 4.78 is 0. The van der Waals surface area contributed by atoms with Crippen molar-refractivity contribution < 1.29 is 9.59 Å². The monoisotopic (exact) mass is 558 g/mol. The van der Waals surface area contributed by atoms with Gasteiger partial charge in [-0.2, -0.15) is 0 Å². The van der Waals surface area contributed by atoms with Crippen molar-refractivity contribution >= 4 is 40.9 Å². The molecule has 1 saturated carbocycles. The molecule has 2 heterocycles. The van der Waals surface area contributed by atoms with E-state index in [2.05, 4.69) is 12.6 Å². The Labute approximate surface area is 237 Å². The number of carbonyl (C=O) groups is 2. The standard InChI is InChI=1S/C30H40Cl2N4O2/c1-19(2)6-7-26(33)34(5)16-23-17-36(18-24(23)22-14-20(3)27(32)25(31)15-22)28(37)21-8-12-35(13-9-21)29(38)30(4)10-11-30/h6-7,14-15,21,23-24,33H,1,8-13,16-18H2,2-5H3. The Kier molecular flexibility index (Phi) is 8.63. The van der Waals surface area contributed by atoms with Gasteiger partial charge in [-0.25, -0.2) is 0 Å². The molecule has 0 radical (unpaired) electrons. The smallest absolute Gasteiger partial charge is 0.228 e. The van der Waals surface area contributed by atoms with Crippen LogP contribution in [0.3, 0.4) is 0 Å². The first kappa shape index (κ1) is 28.7. The minimum absolute atomic E-state index is 0.0597. The van der Waals surface area contributed by atoms with Gasteiger partial charge < -0.3 is 14.7 Å². The molecule has 3 aliphatic rings. The number of hydrogen-bond donors (Lipinski definition) is 1. The highest BCUT2D eigenvalue weighted by Crippen LogP contribution is 2.47. The molecule has 0 aromatic heterocycles. The predicted molar refractivity (Wildman–Crippen MR) is 155 cm³/mol. The highest BCUT2D eigenvalue weighted by atomic mass is 35.5. The van der Waals surface area contributed by atoms with Gasteiger partial charge in [-0.05, 0) is 62.8 Å². The minimum atomic E-state index is -0.163. The fraction of sp³-hybridized carbons (Fsp3) is 0.567. The largest absolute Gasteiger partial charge is 0.360 e. The summed E-state index contributed by atoms with van der Waals surface area (Å²) in [7, 11) is 1.92. The summed E-state index contributed by atoms with van der Waals surface area (Å²) in [6.45, 7) is 13.0. The van der Waals surface area contributed by atoms with Crippen LogP contribution in [0.1, 0.15) is 56.6 Å². The van der Waals surface area contributed by atoms with E-state index >= 15 is 0 Å². The first-order valence-electron chi connectivity index (χ1n) is 13.6. The van der Waals surface area contributed by atoms with Gasteiger partial charge in [0.15, 0.2) is 0 Å². The molecular weight excluding hydrogens is 519 g/mol. The van der Waals surface area contributed by atoms with Crippen molar-refractivity contribution in [2.24, 2.45) is 17.3 Å². The van der Waals surface area contributed by atoms with Gasteiger partial charge in [0.1, 0.15) is 5.84 Å². The molecule has 1 aliphatic carbocycles. The fourth-order valence-electron chi connectivity index (χ4n) is 5.75. The molecule has 4 rings (SSSR count). The summed E-state index contributed by atoms with van der Waals surface area (Å²) >= 11 is 12.8. The number of likely N-dealkylation sites (N-methyl/N-ethyl adjacent to an activating group) is 1. The van der Waals surface area contributed by atoms with E-state index in [-0.39, 0.29) is 35.0 Å². The Bertz CT molecular complexity index is 1130. The molecule has 2 amide bonds. The summed E-state index contributed by atoms with van der Waals surface area (Å²) in [6, 6.07) is 4.01. The van der Waals surface area contributed by atoms with Crippen LogP contribution in [0, 0.1) is 29.6 Å². The van der Waals surface area contributed by atoms with E-state index in [9.17, 15) is 9.59 Å². The van der Waals surface area contributed by atoms with Gasteiger partial charge in [0, 0.05) is 62.9 Å². The van der Waals surface area contributed by atoms with Crippen LogP contribution in [0.15, 0.2) is 36.4 Å². The molecule has 38 heavy (non-hydrogen) atoms. The molecule has 1 aromatic carbocycles. The van der Waals surface area contributed by atoms with Crippen LogP contribution in [-0.4, -0.2) is 72.1 Å². The third kappa shape index (κ3) is 6.28. The second kappa shape index (κ2) is 11.4. The number of aryl methyl sites for hydroxylation is 1. The molecular formula is C30H40Cl2N4O2. The summed E-state index contributed by atoms with van der Waals surface area (Å²) in [5.41, 5.74) is 2.73. The summed E-state index contributed by atoms with van der Waals surface area (Å²) in [6.07, 6.45) is 6.98. The van der Waals surface area contributed by atoms with Crippen molar-refractivity contribution in [2.75, 3.05) is 39.8 Å². The lowest BCUT2D eigenvalue weighted by molar-refractivity contribution is -0.142. The van der Waals surface area contributed by atoms with Gasteiger partial charge in [-0.1, -0.05) is 54.4 Å². The maximum Gasteiger partial charge on any atom is 0.228 e. The van der Waals surface area contributed by atoms with Crippen molar-refractivity contribution in [1.29, 1.82) is 5.41 Å². The van der Waals surface area contributed by atoms with Gasteiger partial charge in [0.2, 0.25) is 11.8 Å². The molecule has 1 N–H and O–H groups in total. The summed E-state index contributed by atoms with van der Waals surface area (Å²) in [5, 5.41) is 9.55. The Morgan fingerprint density at radius 1 is 1.16 bits per heavy atom. The number of hydrogen-bond acceptors (Lipinski definition) is 3. The van der Waals surface area contributed by atoms with E-state index in [0.29, 0.717) is 61.4 Å². The van der Waals surface area contributed by atoms with E-state index in [1.807, 2.05) is 54.7 Å². The van der Waals surface area contributed by atoms with Gasteiger partial charge in [-0.3, -0.25) is 15.0 Å². The molecule has 8 heteroatoms. The number of amidine groups is 1. The molecule has 3 fully saturated rings. The number of likely N-dealkylation sites (tertiary alicyclic amines) is 2. The maximum absolute atomic E-state index is 13.7. The third-order valence-corrected chi connectivity index (χ3v) is 9.40. The van der Waals surface area contributed by atoms with Crippen molar-refractivity contribution in [3.05, 3.63) is 57.6 Å². The third-order valence-electron chi connectivity index (χ3n) is 8.51. The number of allylic oxidation sites excluding steroid dienone is 2. The molecule has 2 atom stereocenters. The molecule has 2 unspecified atom stereocenters. The number of amides is 2. The number of carbonyl (C=O) groups excluding carboxylic acids is 2. The predicted octanol–water partition coefficient (Wildman–Crippen LogP) is 5.92. The molecule has 6 nitrogen and oxygen atoms in total. The molecule has 206 valence electrons. The maximum atomic E-state index is 13.7. The Hall–Kier alpha value is -2.31. The van der Waals surface area contributed by atoms with Crippen LogP contribution in [0.5, 0.6) is 0 Å². The molecule has 2 aliphatic heterocycles. The normalized spacial score (nSPS) is 23.1. The van der Waals surface area contributed by atoms with Crippen LogP contribution in [0.4, 0.5) is 0 Å². The zero-order valence-electron chi connectivity index (χ0n) is 23.0. The van der Waals surface area contributed by atoms with Crippen molar-refractivity contribution in [1.82, 2.24) is 14.7 Å². The quantitative estimate of drug-likeness (QED) is 0.256. The van der Waals surface area contributed by atoms with Crippen LogP contribution in [0.2, 0.25) is 10.0 Å². The highest BCUT2D eigenvalue weighted by Gasteiger charge is 2.48. The topological polar surface area (TPSA) is 67.7 Å². The van der Waals surface area contributed by atoms with Crippen molar-refractivity contribution in [3.63, 3.8) is 0 Å². The van der Waals surface area contributed by atoms with Crippen molar-refractivity contribution in [3.8, 4) is 0 Å². The Balaban J connectivity index is 1.47. The molecule has 1 aromatic rings. The molecule has 0 bridgehead atoms. The Morgan fingerprint density at radius 3 is 2.39 bits per heavy atom. The minimum Gasteiger partial charge on any atom is -0.360 e. The molecule has 0 spiro atoms. The first-order valence-corrected chi connectivity index (χ1v) is 14.3. The van der Waals surface area contributed by atoms with E-state index in [1.54, 1.807) is 6.08 Å². The van der Waals surface area contributed by atoms with E-state index in [4.69, 9.17) is 28.6 Å². The summed E-state index contributed by atoms with van der Waals surface area (Å²) in [5.74, 6) is 1.00. The lowest BCUT2D eigenvalue weighted by atomic mass is 9.88. The van der Waals surface area contributed by atoms with E-state index in [1.165, 1.54) is 0 Å². The number of benzene rings is 1. The number of piperidine rings is 1. The average molecular weight is 560 g/mol. The number of halogens is 2. The van der Waals surface area contributed by atoms with Crippen LogP contribution in [0.25, 0.3) is 0 Å². The first-order chi connectivity index (χ1) is 17.9. The SMILES string of the molecule is C=C(C)C=CC(=N)N(C)CC1CN(C(=O)C2CCN(C(=O)C3(C)CC3)CC2)CC1c1cc(C)c(Cl)c(Cl)c1. The average Bonchev–Trinajstić information content (AvgIpc) is 3.51. The summed E-state index contributed by atoms with van der Waals surface area (Å²) in [4.78, 5) is 32.3. The number of rotatable bonds is 7. The Morgan fingerprint density at radius 2 is 1.82 bits per heavy atom. The van der Waals surface area contributed by atoms with Crippen LogP contribution < -0.4 is 0 Å². The lowest BCUT2D eigenvalue weighted by Crippen LogP contribution is -2.46. The van der Waals surface area contributed by atoms with Crippen LogP contribution in [-0.2, 0) is 9.59 Å². The van der Waals surface area contributed by atoms with E-state index in [0.717, 1.165) is 29.5 Å². The lowest BCUT2D eigenvalue weighted by Gasteiger charge is -2.34. The number of nitrogens with one attached hydrogen (secondary N) is 1. The van der Waals surface area contributed by atoms with E-state index < -0.39 is 0 Å². The second-order valence-electron chi connectivity index (χ2n) is 11.8. The van der Waals surface area contributed by atoms with Crippen LogP contribution >= 0.6 is 23.2 Å². The van der Waals surface area contributed by atoms with Gasteiger partial charge in [-0.15, -0.1) is 0 Å². The van der Waals surface area contributed by atoms with Gasteiger partial charge in [0.05, 0.1) is 10.0 Å². The van der Waals surface area contributed by atoms with Gasteiger partial charge >= 0.3 is 0 Å².